The Labute approximate surface area is 228 Å². The Bertz CT molecular complexity index is 1170. The van der Waals surface area contributed by atoms with Gasteiger partial charge < -0.3 is 10.2 Å². The van der Waals surface area contributed by atoms with Crippen LogP contribution >= 0.6 is 35.0 Å². The van der Waals surface area contributed by atoms with Gasteiger partial charge in [0.15, 0.2) is 0 Å². The number of thioether (sulfide) groups is 1. The van der Waals surface area contributed by atoms with Crippen molar-refractivity contribution in [3.63, 3.8) is 0 Å². The highest BCUT2D eigenvalue weighted by molar-refractivity contribution is 7.99. The molecule has 0 heterocycles. The molecule has 0 aromatic heterocycles. The molecule has 0 bridgehead atoms. The first-order valence-corrected chi connectivity index (χ1v) is 13.8. The molecule has 3 aromatic carbocycles. The lowest BCUT2D eigenvalue weighted by Gasteiger charge is -2.32. The van der Waals surface area contributed by atoms with Gasteiger partial charge in [-0.15, -0.1) is 11.8 Å². The number of hydrogen-bond acceptors (Lipinski definition) is 3. The van der Waals surface area contributed by atoms with Gasteiger partial charge in [0, 0.05) is 24.8 Å². The van der Waals surface area contributed by atoms with Crippen LogP contribution in [0.5, 0.6) is 0 Å². The van der Waals surface area contributed by atoms with E-state index >= 15 is 0 Å². The van der Waals surface area contributed by atoms with Crippen LogP contribution in [-0.2, 0) is 28.3 Å². The molecule has 7 heteroatoms. The van der Waals surface area contributed by atoms with E-state index in [0.29, 0.717) is 28.8 Å². The molecule has 190 valence electrons. The number of benzene rings is 3. The maximum Gasteiger partial charge on any atom is 0.243 e. The van der Waals surface area contributed by atoms with E-state index in [1.807, 2.05) is 81.4 Å². The highest BCUT2D eigenvalue weighted by Gasteiger charge is 2.30. The van der Waals surface area contributed by atoms with E-state index in [1.165, 1.54) is 11.8 Å². The molecule has 4 nitrogen and oxygen atoms in total. The van der Waals surface area contributed by atoms with Crippen molar-refractivity contribution < 1.29 is 9.59 Å². The van der Waals surface area contributed by atoms with Crippen LogP contribution in [0.1, 0.15) is 36.1 Å². The minimum absolute atomic E-state index is 0.0317. The summed E-state index contributed by atoms with van der Waals surface area (Å²) in [5.41, 5.74) is 4.10. The van der Waals surface area contributed by atoms with Gasteiger partial charge >= 0.3 is 0 Å². The van der Waals surface area contributed by atoms with Crippen LogP contribution in [0.4, 0.5) is 0 Å². The fraction of sp³-hybridized carbons (Fsp3) is 0.310. The predicted molar refractivity (Wildman–Crippen MR) is 152 cm³/mol. The largest absolute Gasteiger partial charge is 0.352 e. The average molecular weight is 544 g/mol. The number of nitrogens with zero attached hydrogens (tertiary/aromatic N) is 1. The van der Waals surface area contributed by atoms with Crippen molar-refractivity contribution in [2.24, 2.45) is 0 Å². The van der Waals surface area contributed by atoms with Gasteiger partial charge in [0.2, 0.25) is 11.8 Å². The first-order valence-electron chi connectivity index (χ1n) is 11.9. The van der Waals surface area contributed by atoms with Crippen LogP contribution in [0.2, 0.25) is 10.0 Å². The lowest BCUT2D eigenvalue weighted by molar-refractivity contribution is -0.139. The zero-order valence-corrected chi connectivity index (χ0v) is 23.2. The van der Waals surface area contributed by atoms with Crippen molar-refractivity contribution in [1.29, 1.82) is 0 Å². The van der Waals surface area contributed by atoms with Gasteiger partial charge in [-0.2, -0.15) is 0 Å². The van der Waals surface area contributed by atoms with Crippen molar-refractivity contribution in [2.75, 3.05) is 5.75 Å². The third kappa shape index (κ3) is 8.58. The first-order chi connectivity index (χ1) is 17.2. The Balaban J connectivity index is 1.84. The number of halogens is 2. The standard InChI is InChI=1S/C29H32Cl2N2O2S/c1-20(2)32-29(35)27(16-22-9-5-4-6-10-22)33(17-23-11-7-8-21(3)14-23)28(34)19-36-18-24-12-13-25(30)26(31)15-24/h4-15,20,27H,16-19H2,1-3H3,(H,32,35)/t27-/m1/s1. The van der Waals surface area contributed by atoms with Crippen molar-refractivity contribution in [2.45, 2.75) is 51.6 Å². The van der Waals surface area contributed by atoms with Gasteiger partial charge in [-0.25, -0.2) is 0 Å². The lowest BCUT2D eigenvalue weighted by atomic mass is 10.0. The lowest BCUT2D eigenvalue weighted by Crippen LogP contribution is -2.52. The van der Waals surface area contributed by atoms with Crippen molar-refractivity contribution in [3.05, 3.63) is 105 Å². The number of nitrogens with one attached hydrogen (secondary N) is 1. The normalized spacial score (nSPS) is 11.8. The van der Waals surface area contributed by atoms with Gasteiger partial charge in [0.1, 0.15) is 6.04 Å². The second kappa shape index (κ2) is 13.7. The Hall–Kier alpha value is -2.47. The summed E-state index contributed by atoms with van der Waals surface area (Å²) in [5, 5.41) is 4.02. The molecule has 0 unspecified atom stereocenters. The van der Waals surface area contributed by atoms with E-state index in [1.54, 1.807) is 11.0 Å². The van der Waals surface area contributed by atoms with Crippen LogP contribution in [0.25, 0.3) is 0 Å². The van der Waals surface area contributed by atoms with E-state index < -0.39 is 6.04 Å². The maximum atomic E-state index is 13.6. The Kier molecular flexibility index (Phi) is 10.7. The SMILES string of the molecule is Cc1cccc(CN(C(=O)CSCc2ccc(Cl)c(Cl)c2)[C@H](Cc2ccccc2)C(=O)NC(C)C)c1. The van der Waals surface area contributed by atoms with E-state index in [0.717, 1.165) is 22.3 Å². The number of rotatable bonds is 11. The Morgan fingerprint density at radius 3 is 2.28 bits per heavy atom. The maximum absolute atomic E-state index is 13.6. The summed E-state index contributed by atoms with van der Waals surface area (Å²) in [6, 6.07) is 22.7. The third-order valence-corrected chi connectivity index (χ3v) is 7.34. The highest BCUT2D eigenvalue weighted by atomic mass is 35.5. The van der Waals surface area contributed by atoms with E-state index in [-0.39, 0.29) is 23.6 Å². The molecular formula is C29H32Cl2N2O2S. The average Bonchev–Trinajstić information content (AvgIpc) is 2.83. The molecule has 3 aromatic rings. The molecule has 0 saturated carbocycles. The van der Waals surface area contributed by atoms with Gasteiger partial charge in [0.25, 0.3) is 0 Å². The molecule has 0 saturated heterocycles. The summed E-state index contributed by atoms with van der Waals surface area (Å²) in [6.45, 7) is 6.24. The van der Waals surface area contributed by atoms with Crippen molar-refractivity contribution >= 4 is 46.8 Å². The third-order valence-electron chi connectivity index (χ3n) is 5.62. The molecule has 0 spiro atoms. The van der Waals surface area contributed by atoms with Crippen LogP contribution in [0, 0.1) is 6.92 Å². The second-order valence-electron chi connectivity index (χ2n) is 9.12. The predicted octanol–water partition coefficient (Wildman–Crippen LogP) is 6.70. The summed E-state index contributed by atoms with van der Waals surface area (Å²) in [5.74, 6) is 0.625. The van der Waals surface area contributed by atoms with Crippen LogP contribution in [-0.4, -0.2) is 34.6 Å². The second-order valence-corrected chi connectivity index (χ2v) is 10.9. The van der Waals surface area contributed by atoms with E-state index in [2.05, 4.69) is 11.4 Å². The molecule has 3 rings (SSSR count). The first kappa shape index (κ1) is 28.1. The molecule has 1 N–H and O–H groups in total. The number of amides is 2. The Morgan fingerprint density at radius 1 is 0.889 bits per heavy atom. The quantitative estimate of drug-likeness (QED) is 0.293. The van der Waals surface area contributed by atoms with Gasteiger partial charge in [-0.3, -0.25) is 9.59 Å². The smallest absolute Gasteiger partial charge is 0.243 e. The van der Waals surface area contributed by atoms with Gasteiger partial charge in [-0.05, 0) is 49.6 Å². The monoisotopic (exact) mass is 542 g/mol. The highest BCUT2D eigenvalue weighted by Crippen LogP contribution is 2.25. The minimum atomic E-state index is -0.631. The van der Waals surface area contributed by atoms with Gasteiger partial charge in [-0.1, -0.05) is 89.4 Å². The fourth-order valence-electron chi connectivity index (χ4n) is 3.91. The summed E-state index contributed by atoms with van der Waals surface area (Å²) < 4.78 is 0. The number of carbonyl (C=O) groups is 2. The minimum Gasteiger partial charge on any atom is -0.352 e. The molecule has 0 aliphatic rings. The van der Waals surface area contributed by atoms with Gasteiger partial charge in [0.05, 0.1) is 15.8 Å². The fourth-order valence-corrected chi connectivity index (χ4v) is 5.09. The number of aryl methyl sites for hydroxylation is 1. The zero-order valence-electron chi connectivity index (χ0n) is 20.8. The number of hydrogen-bond donors (Lipinski definition) is 1. The topological polar surface area (TPSA) is 49.4 Å². The molecular weight excluding hydrogens is 511 g/mol. The van der Waals surface area contributed by atoms with Crippen LogP contribution in [0.15, 0.2) is 72.8 Å². The summed E-state index contributed by atoms with van der Waals surface area (Å²) in [4.78, 5) is 28.8. The van der Waals surface area contributed by atoms with E-state index in [4.69, 9.17) is 23.2 Å². The van der Waals surface area contributed by atoms with Crippen LogP contribution in [0.3, 0.4) is 0 Å². The molecule has 1 atom stereocenters. The molecule has 36 heavy (non-hydrogen) atoms. The van der Waals surface area contributed by atoms with Crippen LogP contribution < -0.4 is 5.32 Å². The van der Waals surface area contributed by atoms with Crippen molar-refractivity contribution in [1.82, 2.24) is 10.2 Å². The molecule has 0 aliphatic heterocycles. The summed E-state index contributed by atoms with van der Waals surface area (Å²) >= 11 is 13.7. The zero-order chi connectivity index (χ0) is 26.1. The molecule has 2 amide bonds. The summed E-state index contributed by atoms with van der Waals surface area (Å²) in [6.07, 6.45) is 0.439. The molecule has 0 radical (unpaired) electrons. The van der Waals surface area contributed by atoms with Crippen molar-refractivity contribution in [3.8, 4) is 0 Å². The Morgan fingerprint density at radius 2 is 1.61 bits per heavy atom. The molecule has 0 fully saturated rings. The van der Waals surface area contributed by atoms with E-state index in [9.17, 15) is 9.59 Å². The summed E-state index contributed by atoms with van der Waals surface area (Å²) in [7, 11) is 0. The number of carbonyl (C=O) groups excluding carboxylic acids is 2. The molecule has 0 aliphatic carbocycles.